The van der Waals surface area contributed by atoms with Crippen molar-refractivity contribution in [3.63, 3.8) is 0 Å². The maximum atomic E-state index is 13.4. The Kier molecular flexibility index (Phi) is 6.65. The number of hydrogen-bond donors (Lipinski definition) is 1. The minimum atomic E-state index is -0.892. The van der Waals surface area contributed by atoms with Crippen molar-refractivity contribution in [1.29, 1.82) is 0 Å². The highest BCUT2D eigenvalue weighted by atomic mass is 35.5. The zero-order valence-corrected chi connectivity index (χ0v) is 15.8. The second-order valence-electron chi connectivity index (χ2n) is 6.69. The molecule has 0 aliphatic carbocycles. The van der Waals surface area contributed by atoms with Crippen LogP contribution in [-0.2, 0) is 4.74 Å². The van der Waals surface area contributed by atoms with Crippen molar-refractivity contribution < 1.29 is 23.4 Å². The second-order valence-corrected chi connectivity index (χ2v) is 7.10. The molecule has 2 aromatic rings. The van der Waals surface area contributed by atoms with E-state index in [0.29, 0.717) is 42.6 Å². The minimum absolute atomic E-state index is 0.107. The summed E-state index contributed by atoms with van der Waals surface area (Å²) in [6.07, 6.45) is -1.08. The largest absolute Gasteiger partial charge is 0.489 e. The zero-order valence-electron chi connectivity index (χ0n) is 15.0. The highest BCUT2D eigenvalue weighted by molar-refractivity contribution is 6.32. The number of rotatable bonds is 6. The lowest BCUT2D eigenvalue weighted by molar-refractivity contribution is -0.0460. The third-order valence-electron chi connectivity index (χ3n) is 4.45. The number of aliphatic hydroxyl groups excluding tert-OH is 1. The monoisotopic (exact) mass is 397 g/mol. The van der Waals surface area contributed by atoms with E-state index in [-0.39, 0.29) is 12.7 Å². The summed E-state index contributed by atoms with van der Waals surface area (Å²) in [6, 6.07) is 9.24. The quantitative estimate of drug-likeness (QED) is 0.806. The van der Waals surface area contributed by atoms with Gasteiger partial charge < -0.3 is 14.6 Å². The maximum Gasteiger partial charge on any atom is 0.159 e. The van der Waals surface area contributed by atoms with Crippen molar-refractivity contribution in [2.24, 2.45) is 0 Å². The van der Waals surface area contributed by atoms with Gasteiger partial charge in [0.15, 0.2) is 11.6 Å². The lowest BCUT2D eigenvalue weighted by Crippen LogP contribution is -2.43. The SMILES string of the molecule is Cc1ccc(OCC(O)CN2CCOC(c3ccc(F)c(F)c3)C2)c(Cl)c1. The second kappa shape index (κ2) is 8.97. The molecule has 2 unspecified atom stereocenters. The van der Waals surface area contributed by atoms with E-state index in [1.165, 1.54) is 6.07 Å². The normalized spacial score (nSPS) is 19.1. The van der Waals surface area contributed by atoms with Crippen LogP contribution in [0.4, 0.5) is 8.78 Å². The number of benzene rings is 2. The van der Waals surface area contributed by atoms with Gasteiger partial charge in [0.2, 0.25) is 0 Å². The van der Waals surface area contributed by atoms with E-state index in [1.54, 1.807) is 12.1 Å². The van der Waals surface area contributed by atoms with Gasteiger partial charge in [0.1, 0.15) is 18.5 Å². The van der Waals surface area contributed by atoms with Gasteiger partial charge in [-0.15, -0.1) is 0 Å². The molecular weight excluding hydrogens is 376 g/mol. The molecule has 0 amide bonds. The average molecular weight is 398 g/mol. The van der Waals surface area contributed by atoms with Gasteiger partial charge in [-0.3, -0.25) is 4.90 Å². The van der Waals surface area contributed by atoms with E-state index < -0.39 is 17.7 Å². The Bertz CT molecular complexity index is 790. The Balaban J connectivity index is 1.52. The van der Waals surface area contributed by atoms with E-state index in [9.17, 15) is 13.9 Å². The molecule has 0 aromatic heterocycles. The number of morpholine rings is 1. The summed E-state index contributed by atoms with van der Waals surface area (Å²) >= 11 is 6.12. The van der Waals surface area contributed by atoms with Crippen LogP contribution < -0.4 is 4.74 Å². The molecule has 1 heterocycles. The Morgan fingerprint density at radius 3 is 2.81 bits per heavy atom. The van der Waals surface area contributed by atoms with Crippen LogP contribution in [0.2, 0.25) is 5.02 Å². The zero-order chi connectivity index (χ0) is 19.4. The van der Waals surface area contributed by atoms with Crippen LogP contribution >= 0.6 is 11.6 Å². The van der Waals surface area contributed by atoms with Gasteiger partial charge >= 0.3 is 0 Å². The smallest absolute Gasteiger partial charge is 0.159 e. The molecule has 0 radical (unpaired) electrons. The predicted octanol–water partition coefficient (Wildman–Crippen LogP) is 3.74. The van der Waals surface area contributed by atoms with Crippen LogP contribution in [0.3, 0.4) is 0 Å². The summed E-state index contributed by atoms with van der Waals surface area (Å²) in [6.45, 7) is 3.99. The molecule has 2 aromatic carbocycles. The minimum Gasteiger partial charge on any atom is -0.489 e. The number of aryl methyl sites for hydroxylation is 1. The molecule has 1 fully saturated rings. The molecule has 1 saturated heterocycles. The molecule has 0 saturated carbocycles. The van der Waals surface area contributed by atoms with Crippen molar-refractivity contribution in [3.05, 3.63) is 64.2 Å². The molecular formula is C20H22ClF2NO3. The first-order valence-corrected chi connectivity index (χ1v) is 9.16. The lowest BCUT2D eigenvalue weighted by atomic mass is 10.1. The molecule has 1 aliphatic heterocycles. The summed E-state index contributed by atoms with van der Waals surface area (Å²) in [5.41, 5.74) is 1.61. The molecule has 3 rings (SSSR count). The summed E-state index contributed by atoms with van der Waals surface area (Å²) < 4.78 is 37.8. The summed E-state index contributed by atoms with van der Waals surface area (Å²) in [7, 11) is 0. The first kappa shape index (κ1) is 20.0. The molecule has 2 atom stereocenters. The molecule has 27 heavy (non-hydrogen) atoms. The first-order valence-electron chi connectivity index (χ1n) is 8.78. The molecule has 0 bridgehead atoms. The van der Waals surface area contributed by atoms with Gasteiger partial charge in [0.05, 0.1) is 17.7 Å². The Labute approximate surface area is 162 Å². The molecule has 1 N–H and O–H groups in total. The van der Waals surface area contributed by atoms with Crippen LogP contribution in [0, 0.1) is 18.6 Å². The number of hydrogen-bond acceptors (Lipinski definition) is 4. The standard InChI is InChI=1S/C20H22ClF2NO3/c1-13-2-5-19(16(21)8-13)27-12-15(25)10-24-6-7-26-20(11-24)14-3-4-17(22)18(23)9-14/h2-5,8-9,15,20,25H,6-7,10-12H2,1H3. The number of aliphatic hydroxyl groups is 1. The highest BCUT2D eigenvalue weighted by Crippen LogP contribution is 2.26. The van der Waals surface area contributed by atoms with Crippen LogP contribution in [0.5, 0.6) is 5.75 Å². The summed E-state index contributed by atoms with van der Waals surface area (Å²) in [5, 5.41) is 10.8. The van der Waals surface area contributed by atoms with Gasteiger partial charge in [0.25, 0.3) is 0 Å². The summed E-state index contributed by atoms with van der Waals surface area (Å²) in [5.74, 6) is -1.24. The Morgan fingerprint density at radius 1 is 1.26 bits per heavy atom. The van der Waals surface area contributed by atoms with Gasteiger partial charge in [-0.1, -0.05) is 23.7 Å². The predicted molar refractivity (Wildman–Crippen MR) is 99.2 cm³/mol. The highest BCUT2D eigenvalue weighted by Gasteiger charge is 2.24. The van der Waals surface area contributed by atoms with E-state index in [1.807, 2.05) is 17.9 Å². The van der Waals surface area contributed by atoms with Crippen LogP contribution in [0.25, 0.3) is 0 Å². The van der Waals surface area contributed by atoms with E-state index >= 15 is 0 Å². The number of nitrogens with zero attached hydrogens (tertiary/aromatic N) is 1. The number of halogens is 3. The van der Waals surface area contributed by atoms with Crippen molar-refractivity contribution >= 4 is 11.6 Å². The lowest BCUT2D eigenvalue weighted by Gasteiger charge is -2.34. The maximum absolute atomic E-state index is 13.4. The van der Waals surface area contributed by atoms with Crippen LogP contribution in [0.1, 0.15) is 17.2 Å². The third kappa shape index (κ3) is 5.39. The van der Waals surface area contributed by atoms with Crippen LogP contribution in [0.15, 0.2) is 36.4 Å². The molecule has 146 valence electrons. The van der Waals surface area contributed by atoms with E-state index in [0.717, 1.165) is 17.7 Å². The van der Waals surface area contributed by atoms with Crippen molar-refractivity contribution in [1.82, 2.24) is 4.90 Å². The van der Waals surface area contributed by atoms with Gasteiger partial charge in [-0.2, -0.15) is 0 Å². The third-order valence-corrected chi connectivity index (χ3v) is 4.75. The van der Waals surface area contributed by atoms with E-state index in [4.69, 9.17) is 21.1 Å². The van der Waals surface area contributed by atoms with Crippen molar-refractivity contribution in [2.75, 3.05) is 32.8 Å². The Hall–Kier alpha value is -1.73. The number of ether oxygens (including phenoxy) is 2. The molecule has 7 heteroatoms. The average Bonchev–Trinajstić information content (AvgIpc) is 2.63. The Morgan fingerprint density at radius 2 is 2.07 bits per heavy atom. The molecule has 0 spiro atoms. The van der Waals surface area contributed by atoms with Gasteiger partial charge in [-0.25, -0.2) is 8.78 Å². The fourth-order valence-corrected chi connectivity index (χ4v) is 3.33. The fourth-order valence-electron chi connectivity index (χ4n) is 3.04. The van der Waals surface area contributed by atoms with Gasteiger partial charge in [-0.05, 0) is 42.3 Å². The van der Waals surface area contributed by atoms with Gasteiger partial charge in [0, 0.05) is 19.6 Å². The van der Waals surface area contributed by atoms with E-state index in [2.05, 4.69) is 0 Å². The number of β-amino-alcohol motifs (C(OH)–C–C–N with tert-alkyl or cyclic N) is 1. The summed E-state index contributed by atoms with van der Waals surface area (Å²) in [4.78, 5) is 2.01. The topological polar surface area (TPSA) is 41.9 Å². The molecule has 4 nitrogen and oxygen atoms in total. The molecule has 1 aliphatic rings. The fraction of sp³-hybridized carbons (Fsp3) is 0.400. The van der Waals surface area contributed by atoms with Crippen molar-refractivity contribution in [2.45, 2.75) is 19.1 Å². The van der Waals surface area contributed by atoms with Crippen molar-refractivity contribution in [3.8, 4) is 5.75 Å². The first-order chi connectivity index (χ1) is 12.9. The van der Waals surface area contributed by atoms with Crippen LogP contribution in [-0.4, -0.2) is 49.0 Å².